The molecule has 4 nitrogen and oxygen atoms in total. The maximum Gasteiger partial charge on any atom is 0.257 e. The number of nitrogens with one attached hydrogen (secondary N) is 2. The molecule has 1 aromatic heterocycles. The minimum Gasteiger partial charge on any atom is -0.372 e. The van der Waals surface area contributed by atoms with Crippen molar-refractivity contribution in [3.63, 3.8) is 0 Å². The Morgan fingerprint density at radius 2 is 1.74 bits per heavy atom. The largest absolute Gasteiger partial charge is 0.372 e. The van der Waals surface area contributed by atoms with Crippen LogP contribution in [0.2, 0.25) is 0 Å². The number of rotatable bonds is 3. The number of amides is 1. The van der Waals surface area contributed by atoms with Crippen LogP contribution in [-0.4, -0.2) is 24.0 Å². The Balaban J connectivity index is 1.52. The Bertz CT molecular complexity index is 829. The van der Waals surface area contributed by atoms with Crippen molar-refractivity contribution in [3.05, 3.63) is 60.3 Å². The number of aromatic nitrogens is 1. The van der Waals surface area contributed by atoms with E-state index < -0.39 is 0 Å². The normalized spacial score (nSPS) is 14.3. The van der Waals surface area contributed by atoms with Crippen molar-refractivity contribution in [3.8, 4) is 0 Å². The third-order valence-electron chi connectivity index (χ3n) is 4.43. The van der Waals surface area contributed by atoms with Crippen LogP contribution < -0.4 is 10.2 Å². The summed E-state index contributed by atoms with van der Waals surface area (Å²) in [5.41, 5.74) is 3.70. The van der Waals surface area contributed by atoms with Gasteiger partial charge in [-0.15, -0.1) is 0 Å². The molecule has 1 amide bonds. The second kappa shape index (κ2) is 5.80. The Hall–Kier alpha value is -2.75. The third-order valence-corrected chi connectivity index (χ3v) is 4.43. The summed E-state index contributed by atoms with van der Waals surface area (Å²) in [5, 5.41) is 3.92. The van der Waals surface area contributed by atoms with Gasteiger partial charge in [0.15, 0.2) is 0 Å². The average molecular weight is 305 g/mol. The van der Waals surface area contributed by atoms with Gasteiger partial charge in [0.05, 0.1) is 5.56 Å². The minimum atomic E-state index is -0.0867. The fourth-order valence-corrected chi connectivity index (χ4v) is 3.19. The quantitative estimate of drug-likeness (QED) is 0.768. The predicted molar refractivity (Wildman–Crippen MR) is 94.1 cm³/mol. The van der Waals surface area contributed by atoms with Crippen molar-refractivity contribution in [2.45, 2.75) is 12.8 Å². The second-order valence-corrected chi connectivity index (χ2v) is 5.94. The number of benzene rings is 2. The molecule has 0 atom stereocenters. The van der Waals surface area contributed by atoms with E-state index in [0.717, 1.165) is 29.7 Å². The number of carbonyl (C=O) groups is 1. The fraction of sp³-hybridized carbons (Fsp3) is 0.211. The molecular formula is C19H19N3O. The lowest BCUT2D eigenvalue weighted by Gasteiger charge is -2.17. The summed E-state index contributed by atoms with van der Waals surface area (Å²) < 4.78 is 0. The SMILES string of the molecule is O=C(Nc1ccc(N2CCCC2)cc1)c1c[nH]c2ccccc12. The van der Waals surface area contributed by atoms with Gasteiger partial charge in [-0.2, -0.15) is 0 Å². The van der Waals surface area contributed by atoms with E-state index in [1.54, 1.807) is 6.20 Å². The van der Waals surface area contributed by atoms with Gasteiger partial charge in [0.2, 0.25) is 0 Å². The van der Waals surface area contributed by atoms with Gasteiger partial charge in [0, 0.05) is 41.6 Å². The highest BCUT2D eigenvalue weighted by Crippen LogP contribution is 2.23. The Labute approximate surface area is 135 Å². The number of anilines is 2. The van der Waals surface area contributed by atoms with Gasteiger partial charge in [-0.05, 0) is 43.2 Å². The van der Waals surface area contributed by atoms with Gasteiger partial charge in [-0.25, -0.2) is 0 Å². The molecule has 23 heavy (non-hydrogen) atoms. The number of hydrogen-bond acceptors (Lipinski definition) is 2. The molecule has 0 aliphatic carbocycles. The summed E-state index contributed by atoms with van der Waals surface area (Å²) in [5.74, 6) is -0.0867. The molecule has 2 N–H and O–H groups in total. The Kier molecular flexibility index (Phi) is 3.50. The zero-order valence-electron chi connectivity index (χ0n) is 12.9. The number of H-pyrrole nitrogens is 1. The summed E-state index contributed by atoms with van der Waals surface area (Å²) in [6, 6.07) is 15.9. The fourth-order valence-electron chi connectivity index (χ4n) is 3.19. The van der Waals surface area contributed by atoms with E-state index in [-0.39, 0.29) is 5.91 Å². The van der Waals surface area contributed by atoms with Gasteiger partial charge >= 0.3 is 0 Å². The van der Waals surface area contributed by atoms with Crippen molar-refractivity contribution < 1.29 is 4.79 Å². The summed E-state index contributed by atoms with van der Waals surface area (Å²) in [4.78, 5) is 18.0. The van der Waals surface area contributed by atoms with Crippen LogP contribution in [-0.2, 0) is 0 Å². The van der Waals surface area contributed by atoms with Crippen LogP contribution in [0.15, 0.2) is 54.7 Å². The number of nitrogens with zero attached hydrogens (tertiary/aromatic N) is 1. The summed E-state index contributed by atoms with van der Waals surface area (Å²) >= 11 is 0. The molecule has 0 unspecified atom stereocenters. The molecule has 2 aromatic carbocycles. The molecule has 116 valence electrons. The molecule has 1 aliphatic heterocycles. The minimum absolute atomic E-state index is 0.0867. The number of carbonyl (C=O) groups excluding carboxylic acids is 1. The molecule has 0 spiro atoms. The lowest BCUT2D eigenvalue weighted by Crippen LogP contribution is -2.17. The van der Waals surface area contributed by atoms with E-state index >= 15 is 0 Å². The number of fused-ring (bicyclic) bond motifs is 1. The highest BCUT2D eigenvalue weighted by molar-refractivity contribution is 6.12. The second-order valence-electron chi connectivity index (χ2n) is 5.94. The first-order chi connectivity index (χ1) is 11.3. The van der Waals surface area contributed by atoms with Gasteiger partial charge in [0.25, 0.3) is 5.91 Å². The van der Waals surface area contributed by atoms with Crippen LogP contribution >= 0.6 is 0 Å². The van der Waals surface area contributed by atoms with Crippen LogP contribution in [0, 0.1) is 0 Å². The number of aromatic amines is 1. The molecule has 4 heteroatoms. The first-order valence-electron chi connectivity index (χ1n) is 8.04. The van der Waals surface area contributed by atoms with Gasteiger partial charge in [-0.1, -0.05) is 18.2 Å². The highest BCUT2D eigenvalue weighted by Gasteiger charge is 2.14. The first-order valence-corrected chi connectivity index (χ1v) is 8.04. The third kappa shape index (κ3) is 2.68. The van der Waals surface area contributed by atoms with Crippen LogP contribution in [0.3, 0.4) is 0 Å². The van der Waals surface area contributed by atoms with Gasteiger partial charge in [0.1, 0.15) is 0 Å². The Morgan fingerprint density at radius 1 is 1.00 bits per heavy atom. The standard InChI is InChI=1S/C19H19N3O/c23-19(17-13-20-18-6-2-1-5-16(17)18)21-14-7-9-15(10-8-14)22-11-3-4-12-22/h1-2,5-10,13,20H,3-4,11-12H2,(H,21,23). The first kappa shape index (κ1) is 13.9. The Morgan fingerprint density at radius 3 is 2.52 bits per heavy atom. The maximum absolute atomic E-state index is 12.5. The maximum atomic E-state index is 12.5. The van der Waals surface area contributed by atoms with Crippen LogP contribution in [0.1, 0.15) is 23.2 Å². The lowest BCUT2D eigenvalue weighted by molar-refractivity contribution is 0.102. The zero-order chi connectivity index (χ0) is 15.6. The van der Waals surface area contributed by atoms with E-state index in [2.05, 4.69) is 27.3 Å². The molecule has 4 rings (SSSR count). The number of hydrogen-bond donors (Lipinski definition) is 2. The van der Waals surface area contributed by atoms with Crippen molar-refractivity contribution in [1.82, 2.24) is 4.98 Å². The summed E-state index contributed by atoms with van der Waals surface area (Å²) in [6.07, 6.45) is 4.29. The molecule has 3 aromatic rings. The van der Waals surface area contributed by atoms with E-state index in [0.29, 0.717) is 5.56 Å². The van der Waals surface area contributed by atoms with E-state index in [1.165, 1.54) is 18.5 Å². The van der Waals surface area contributed by atoms with Crippen molar-refractivity contribution in [1.29, 1.82) is 0 Å². The van der Waals surface area contributed by atoms with E-state index in [9.17, 15) is 4.79 Å². The highest BCUT2D eigenvalue weighted by atomic mass is 16.1. The predicted octanol–water partition coefficient (Wildman–Crippen LogP) is 4.02. The summed E-state index contributed by atoms with van der Waals surface area (Å²) in [6.45, 7) is 2.25. The van der Waals surface area contributed by atoms with E-state index in [1.807, 2.05) is 36.4 Å². The van der Waals surface area contributed by atoms with Crippen LogP contribution in [0.25, 0.3) is 10.9 Å². The number of para-hydroxylation sites is 1. The smallest absolute Gasteiger partial charge is 0.257 e. The monoisotopic (exact) mass is 305 g/mol. The van der Waals surface area contributed by atoms with Crippen LogP contribution in [0.5, 0.6) is 0 Å². The topological polar surface area (TPSA) is 48.1 Å². The van der Waals surface area contributed by atoms with Gasteiger partial charge < -0.3 is 15.2 Å². The lowest BCUT2D eigenvalue weighted by atomic mass is 10.1. The molecule has 2 heterocycles. The molecule has 1 fully saturated rings. The molecule has 0 bridgehead atoms. The van der Waals surface area contributed by atoms with Gasteiger partial charge in [-0.3, -0.25) is 4.79 Å². The van der Waals surface area contributed by atoms with Crippen LogP contribution in [0.4, 0.5) is 11.4 Å². The molecular weight excluding hydrogens is 286 g/mol. The molecule has 0 saturated carbocycles. The van der Waals surface area contributed by atoms with Crippen molar-refractivity contribution in [2.75, 3.05) is 23.3 Å². The molecule has 0 radical (unpaired) electrons. The molecule has 1 aliphatic rings. The average Bonchev–Trinajstić information content (AvgIpc) is 3.25. The van der Waals surface area contributed by atoms with Crippen molar-refractivity contribution >= 4 is 28.2 Å². The zero-order valence-corrected chi connectivity index (χ0v) is 12.9. The molecule has 1 saturated heterocycles. The van der Waals surface area contributed by atoms with E-state index in [4.69, 9.17) is 0 Å². The summed E-state index contributed by atoms with van der Waals surface area (Å²) in [7, 11) is 0. The van der Waals surface area contributed by atoms with Crippen molar-refractivity contribution in [2.24, 2.45) is 0 Å².